The fourth-order valence-electron chi connectivity index (χ4n) is 2.55. The molecule has 154 valence electrons. The minimum absolute atomic E-state index is 0.0460. The number of halogens is 2. The van der Waals surface area contributed by atoms with E-state index in [1.807, 2.05) is 0 Å². The summed E-state index contributed by atoms with van der Waals surface area (Å²) < 4.78 is 30.7. The van der Waals surface area contributed by atoms with Crippen LogP contribution in [0.4, 0.5) is 10.1 Å². The number of hydrogen-bond acceptors (Lipinski definition) is 5. The Hall–Kier alpha value is -1.96. The maximum Gasteiger partial charge on any atom is 0.261 e. The number of carbonyl (C=O) groups is 2. The second kappa shape index (κ2) is 10.5. The van der Waals surface area contributed by atoms with Gasteiger partial charge in [0.05, 0.1) is 30.5 Å². The number of amides is 2. The number of hydrogen-bond donors (Lipinski definition) is 0. The van der Waals surface area contributed by atoms with Gasteiger partial charge in [0.15, 0.2) is 0 Å². The van der Waals surface area contributed by atoms with Crippen LogP contribution in [0.5, 0.6) is 5.75 Å². The minimum Gasteiger partial charge on any atom is -0.490 e. The van der Waals surface area contributed by atoms with Crippen molar-refractivity contribution in [2.45, 2.75) is 33.6 Å². The summed E-state index contributed by atoms with van der Waals surface area (Å²) in [6.45, 7) is 7.29. The lowest BCUT2D eigenvalue weighted by Crippen LogP contribution is -2.32. The predicted octanol–water partition coefficient (Wildman–Crippen LogP) is 3.90. The molecule has 0 radical (unpaired) electrons. The maximum atomic E-state index is 14.4. The lowest BCUT2D eigenvalue weighted by molar-refractivity contribution is -0.120. The third-order valence-electron chi connectivity index (χ3n) is 4.35. The molecular weight excluding hydrogens is 389 g/mol. The standard InChI is InChI=1S/C20H25ClFNO5/c1-4-5-6-26-7-8-27-9-10-28-18-12-17(16(22)11-15(18)21)23-19(24)13(2)14(3)20(23)25/h11-12H,4-10H2,1-3H3. The lowest BCUT2D eigenvalue weighted by Gasteiger charge is -2.18. The van der Waals surface area contributed by atoms with E-state index in [4.69, 9.17) is 25.8 Å². The first-order chi connectivity index (χ1) is 13.4. The number of benzene rings is 1. The number of rotatable bonds is 11. The van der Waals surface area contributed by atoms with E-state index in [9.17, 15) is 14.0 Å². The molecule has 0 aliphatic carbocycles. The van der Waals surface area contributed by atoms with Crippen molar-refractivity contribution in [2.24, 2.45) is 0 Å². The molecule has 1 heterocycles. The van der Waals surface area contributed by atoms with Crippen LogP contribution >= 0.6 is 11.6 Å². The molecule has 0 fully saturated rings. The zero-order valence-corrected chi connectivity index (χ0v) is 17.1. The zero-order valence-electron chi connectivity index (χ0n) is 16.3. The van der Waals surface area contributed by atoms with Crippen molar-refractivity contribution >= 4 is 29.1 Å². The van der Waals surface area contributed by atoms with E-state index in [-0.39, 0.29) is 34.2 Å². The van der Waals surface area contributed by atoms with Gasteiger partial charge in [-0.2, -0.15) is 0 Å². The molecule has 2 rings (SSSR count). The normalized spacial score (nSPS) is 14.4. The molecule has 0 bridgehead atoms. The first-order valence-electron chi connectivity index (χ1n) is 9.22. The second-order valence-corrected chi connectivity index (χ2v) is 6.76. The van der Waals surface area contributed by atoms with Crippen molar-refractivity contribution in [1.82, 2.24) is 0 Å². The smallest absolute Gasteiger partial charge is 0.261 e. The highest BCUT2D eigenvalue weighted by Crippen LogP contribution is 2.35. The van der Waals surface area contributed by atoms with Crippen LogP contribution in [0, 0.1) is 5.82 Å². The van der Waals surface area contributed by atoms with Crippen molar-refractivity contribution in [3.8, 4) is 5.75 Å². The van der Waals surface area contributed by atoms with E-state index in [1.54, 1.807) is 0 Å². The molecular formula is C20H25ClFNO5. The number of carbonyl (C=O) groups excluding carboxylic acids is 2. The molecule has 0 N–H and O–H groups in total. The van der Waals surface area contributed by atoms with Gasteiger partial charge >= 0.3 is 0 Å². The Morgan fingerprint density at radius 3 is 2.14 bits per heavy atom. The lowest BCUT2D eigenvalue weighted by atomic mass is 10.2. The highest BCUT2D eigenvalue weighted by atomic mass is 35.5. The number of anilines is 1. The van der Waals surface area contributed by atoms with Gasteiger partial charge in [0, 0.05) is 23.8 Å². The van der Waals surface area contributed by atoms with E-state index >= 15 is 0 Å². The van der Waals surface area contributed by atoms with Crippen LogP contribution in [0.1, 0.15) is 33.6 Å². The molecule has 28 heavy (non-hydrogen) atoms. The molecule has 0 saturated carbocycles. The number of unbranched alkanes of at least 4 members (excludes halogenated alkanes) is 1. The Kier molecular flexibility index (Phi) is 8.41. The van der Waals surface area contributed by atoms with Gasteiger partial charge < -0.3 is 14.2 Å². The van der Waals surface area contributed by atoms with Gasteiger partial charge in [0.25, 0.3) is 11.8 Å². The topological polar surface area (TPSA) is 65.1 Å². The minimum atomic E-state index is -0.776. The molecule has 0 aromatic heterocycles. The molecule has 1 aromatic carbocycles. The largest absolute Gasteiger partial charge is 0.490 e. The summed E-state index contributed by atoms with van der Waals surface area (Å²) in [7, 11) is 0. The van der Waals surface area contributed by atoms with Crippen molar-refractivity contribution in [2.75, 3.05) is 37.9 Å². The molecule has 0 spiro atoms. The van der Waals surface area contributed by atoms with Crippen molar-refractivity contribution in [1.29, 1.82) is 0 Å². The quantitative estimate of drug-likeness (QED) is 0.406. The van der Waals surface area contributed by atoms with Crippen LogP contribution in [0.2, 0.25) is 5.02 Å². The van der Waals surface area contributed by atoms with Gasteiger partial charge in [-0.15, -0.1) is 0 Å². The van der Waals surface area contributed by atoms with E-state index in [2.05, 4.69) is 6.92 Å². The molecule has 1 aromatic rings. The Morgan fingerprint density at radius 1 is 0.964 bits per heavy atom. The molecule has 8 heteroatoms. The highest BCUT2D eigenvalue weighted by molar-refractivity contribution is 6.34. The summed E-state index contributed by atoms with van der Waals surface area (Å²) in [5.41, 5.74) is 0.392. The predicted molar refractivity (Wildman–Crippen MR) is 104 cm³/mol. The molecule has 6 nitrogen and oxygen atoms in total. The molecule has 0 atom stereocenters. The third-order valence-corrected chi connectivity index (χ3v) is 4.65. The molecule has 0 saturated heterocycles. The Balaban J connectivity index is 1.92. The van der Waals surface area contributed by atoms with Gasteiger partial charge in [-0.25, -0.2) is 9.29 Å². The second-order valence-electron chi connectivity index (χ2n) is 6.36. The van der Waals surface area contributed by atoms with Crippen LogP contribution in [0.3, 0.4) is 0 Å². The summed E-state index contributed by atoms with van der Waals surface area (Å²) in [4.78, 5) is 25.4. The van der Waals surface area contributed by atoms with Crippen molar-refractivity contribution in [3.63, 3.8) is 0 Å². The first kappa shape index (κ1) is 22.3. The van der Waals surface area contributed by atoms with E-state index in [0.29, 0.717) is 26.4 Å². The molecule has 1 aliphatic heterocycles. The van der Waals surface area contributed by atoms with Crippen LogP contribution in [-0.4, -0.2) is 44.8 Å². The van der Waals surface area contributed by atoms with Crippen LogP contribution in [0.15, 0.2) is 23.3 Å². The van der Waals surface area contributed by atoms with Gasteiger partial charge in [-0.1, -0.05) is 24.9 Å². The average Bonchev–Trinajstić information content (AvgIpc) is 2.85. The third kappa shape index (κ3) is 5.31. The number of nitrogens with zero attached hydrogens (tertiary/aromatic N) is 1. The van der Waals surface area contributed by atoms with Crippen molar-refractivity contribution < 1.29 is 28.2 Å². The van der Waals surface area contributed by atoms with E-state index < -0.39 is 17.6 Å². The van der Waals surface area contributed by atoms with Gasteiger partial charge in [0.1, 0.15) is 18.2 Å². The molecule has 0 unspecified atom stereocenters. The average molecular weight is 414 g/mol. The van der Waals surface area contributed by atoms with Gasteiger partial charge in [-0.3, -0.25) is 9.59 Å². The summed E-state index contributed by atoms with van der Waals surface area (Å²) >= 11 is 6.02. The van der Waals surface area contributed by atoms with Crippen LogP contribution in [-0.2, 0) is 19.1 Å². The Morgan fingerprint density at radius 2 is 1.54 bits per heavy atom. The van der Waals surface area contributed by atoms with Crippen LogP contribution in [0.25, 0.3) is 0 Å². The number of imide groups is 1. The van der Waals surface area contributed by atoms with Gasteiger partial charge in [0.2, 0.25) is 0 Å². The summed E-state index contributed by atoms with van der Waals surface area (Å²) in [5.74, 6) is -1.71. The molecule has 2 amide bonds. The zero-order chi connectivity index (χ0) is 20.7. The fraction of sp³-hybridized carbons (Fsp3) is 0.500. The fourth-order valence-corrected chi connectivity index (χ4v) is 2.75. The summed E-state index contributed by atoms with van der Waals surface area (Å²) in [5, 5.41) is 0.0460. The first-order valence-corrected chi connectivity index (χ1v) is 9.59. The van der Waals surface area contributed by atoms with Gasteiger partial charge in [-0.05, 0) is 26.3 Å². The molecule has 1 aliphatic rings. The number of ether oxygens (including phenoxy) is 3. The maximum absolute atomic E-state index is 14.4. The van der Waals surface area contributed by atoms with Crippen LogP contribution < -0.4 is 9.64 Å². The van der Waals surface area contributed by atoms with E-state index in [0.717, 1.165) is 23.8 Å². The SMILES string of the molecule is CCCCOCCOCCOc1cc(N2C(=O)C(C)=C(C)C2=O)c(F)cc1Cl. The highest BCUT2D eigenvalue weighted by Gasteiger charge is 2.36. The van der Waals surface area contributed by atoms with E-state index in [1.165, 1.54) is 19.9 Å². The Labute approximate surface area is 169 Å². The van der Waals surface area contributed by atoms with Crippen molar-refractivity contribution in [3.05, 3.63) is 34.1 Å². The summed E-state index contributed by atoms with van der Waals surface area (Å²) in [6, 6.07) is 2.28. The Bertz CT molecular complexity index is 741. The monoisotopic (exact) mass is 413 g/mol. The summed E-state index contributed by atoms with van der Waals surface area (Å²) in [6.07, 6.45) is 2.10.